The van der Waals surface area contributed by atoms with E-state index in [-0.39, 0.29) is 18.5 Å². The van der Waals surface area contributed by atoms with Crippen molar-refractivity contribution >= 4 is 12.0 Å². The van der Waals surface area contributed by atoms with Gasteiger partial charge in [-0.2, -0.15) is 0 Å². The molecule has 1 atom stereocenters. The van der Waals surface area contributed by atoms with Crippen LogP contribution in [0, 0.1) is 0 Å². The van der Waals surface area contributed by atoms with Crippen molar-refractivity contribution in [3.05, 3.63) is 18.2 Å². The maximum absolute atomic E-state index is 12.2. The number of H-pyrrole nitrogens is 1. The Labute approximate surface area is 117 Å². The molecule has 1 fully saturated rings. The highest BCUT2D eigenvalue weighted by Gasteiger charge is 2.29. The van der Waals surface area contributed by atoms with E-state index in [0.717, 1.165) is 25.1 Å². The van der Waals surface area contributed by atoms with Gasteiger partial charge in [0, 0.05) is 31.9 Å². The fraction of sp³-hybridized carbons (Fsp3) is 0.615. The molecule has 1 aliphatic heterocycles. The summed E-state index contributed by atoms with van der Waals surface area (Å²) in [7, 11) is 0. The van der Waals surface area contributed by atoms with Crippen molar-refractivity contribution in [2.45, 2.75) is 38.1 Å². The molecule has 1 aromatic heterocycles. The van der Waals surface area contributed by atoms with Crippen LogP contribution in [-0.2, 0) is 4.79 Å². The Morgan fingerprint density at radius 3 is 3.05 bits per heavy atom. The molecular weight excluding hydrogens is 260 g/mol. The van der Waals surface area contributed by atoms with Crippen LogP contribution in [0.5, 0.6) is 0 Å². The lowest BCUT2D eigenvalue weighted by atomic mass is 10.0. The number of hydrogen-bond acceptors (Lipinski definition) is 3. The Kier molecular flexibility index (Phi) is 4.97. The third-order valence-electron chi connectivity index (χ3n) is 3.44. The molecule has 1 aromatic rings. The van der Waals surface area contributed by atoms with E-state index in [1.54, 1.807) is 17.3 Å². The molecule has 1 saturated heterocycles. The summed E-state index contributed by atoms with van der Waals surface area (Å²) in [4.78, 5) is 31.7. The van der Waals surface area contributed by atoms with Gasteiger partial charge in [0.1, 0.15) is 5.82 Å². The van der Waals surface area contributed by atoms with E-state index in [4.69, 9.17) is 5.11 Å². The maximum Gasteiger partial charge on any atom is 0.318 e. The highest BCUT2D eigenvalue weighted by Crippen LogP contribution is 2.28. The molecule has 2 rings (SSSR count). The van der Waals surface area contributed by atoms with E-state index in [9.17, 15) is 9.59 Å². The van der Waals surface area contributed by atoms with Crippen LogP contribution in [-0.4, -0.2) is 45.1 Å². The molecule has 2 amide bonds. The SMILES string of the molecule is O=C(O)CCCNC(=O)N1CCCCC1c1ncc[nH]1. The summed E-state index contributed by atoms with van der Waals surface area (Å²) in [5.74, 6) is -0.0314. The first-order valence-electron chi connectivity index (χ1n) is 6.94. The van der Waals surface area contributed by atoms with Gasteiger partial charge in [-0.25, -0.2) is 9.78 Å². The first-order chi connectivity index (χ1) is 9.68. The number of carbonyl (C=O) groups is 2. The van der Waals surface area contributed by atoms with Gasteiger partial charge in [0.05, 0.1) is 6.04 Å². The van der Waals surface area contributed by atoms with E-state index < -0.39 is 5.97 Å². The number of nitrogens with zero attached hydrogens (tertiary/aromatic N) is 2. The number of carboxylic acids is 1. The fourth-order valence-corrected chi connectivity index (χ4v) is 2.46. The lowest BCUT2D eigenvalue weighted by Crippen LogP contribution is -2.45. The van der Waals surface area contributed by atoms with E-state index in [1.165, 1.54) is 0 Å². The highest BCUT2D eigenvalue weighted by molar-refractivity contribution is 5.74. The summed E-state index contributed by atoms with van der Waals surface area (Å²) in [6.07, 6.45) is 6.92. The number of likely N-dealkylation sites (tertiary alicyclic amines) is 1. The van der Waals surface area contributed by atoms with Crippen LogP contribution in [0.25, 0.3) is 0 Å². The lowest BCUT2D eigenvalue weighted by Gasteiger charge is -2.34. The Hall–Kier alpha value is -2.05. The smallest absolute Gasteiger partial charge is 0.318 e. The van der Waals surface area contributed by atoms with Crippen molar-refractivity contribution < 1.29 is 14.7 Å². The number of carboxylic acid groups (broad SMARTS) is 1. The van der Waals surface area contributed by atoms with Gasteiger partial charge in [-0.15, -0.1) is 0 Å². The predicted octanol–water partition coefficient (Wildman–Crippen LogP) is 1.51. The van der Waals surface area contributed by atoms with E-state index in [1.807, 2.05) is 0 Å². The van der Waals surface area contributed by atoms with Crippen molar-refractivity contribution in [1.82, 2.24) is 20.2 Å². The Balaban J connectivity index is 1.87. The molecule has 1 unspecified atom stereocenters. The van der Waals surface area contributed by atoms with Gasteiger partial charge in [0.25, 0.3) is 0 Å². The van der Waals surface area contributed by atoms with Crippen LogP contribution < -0.4 is 5.32 Å². The molecule has 7 nitrogen and oxygen atoms in total. The number of aliphatic carboxylic acids is 1. The summed E-state index contributed by atoms with van der Waals surface area (Å²) in [6, 6.07) is -0.158. The van der Waals surface area contributed by atoms with Gasteiger partial charge in [-0.05, 0) is 25.7 Å². The van der Waals surface area contributed by atoms with Crippen molar-refractivity contribution in [3.8, 4) is 0 Å². The topological polar surface area (TPSA) is 98.3 Å². The minimum atomic E-state index is -0.842. The number of hydrogen-bond donors (Lipinski definition) is 3. The van der Waals surface area contributed by atoms with Crippen LogP contribution in [0.4, 0.5) is 4.79 Å². The zero-order valence-corrected chi connectivity index (χ0v) is 11.3. The van der Waals surface area contributed by atoms with Gasteiger partial charge in [-0.3, -0.25) is 4.79 Å². The predicted molar refractivity (Wildman–Crippen MR) is 72.2 cm³/mol. The van der Waals surface area contributed by atoms with Crippen LogP contribution in [0.3, 0.4) is 0 Å². The first-order valence-corrected chi connectivity index (χ1v) is 6.94. The van der Waals surface area contributed by atoms with E-state index >= 15 is 0 Å². The van der Waals surface area contributed by atoms with Crippen LogP contribution >= 0.6 is 0 Å². The number of nitrogens with one attached hydrogen (secondary N) is 2. The molecule has 7 heteroatoms. The van der Waals surface area contributed by atoms with E-state index in [2.05, 4.69) is 15.3 Å². The summed E-state index contributed by atoms with van der Waals surface area (Å²) in [5, 5.41) is 11.3. The van der Waals surface area contributed by atoms with Crippen molar-refractivity contribution in [1.29, 1.82) is 0 Å². The van der Waals surface area contributed by atoms with Gasteiger partial charge >= 0.3 is 12.0 Å². The number of amides is 2. The van der Waals surface area contributed by atoms with Crippen molar-refractivity contribution in [2.24, 2.45) is 0 Å². The monoisotopic (exact) mass is 280 g/mol. The second-order valence-electron chi connectivity index (χ2n) is 4.91. The van der Waals surface area contributed by atoms with Gasteiger partial charge < -0.3 is 20.3 Å². The Morgan fingerprint density at radius 1 is 1.50 bits per heavy atom. The molecule has 20 heavy (non-hydrogen) atoms. The molecule has 0 spiro atoms. The average molecular weight is 280 g/mol. The number of urea groups is 1. The molecule has 0 bridgehead atoms. The van der Waals surface area contributed by atoms with Crippen LogP contribution in [0.15, 0.2) is 12.4 Å². The summed E-state index contributed by atoms with van der Waals surface area (Å²) in [6.45, 7) is 1.09. The highest BCUT2D eigenvalue weighted by atomic mass is 16.4. The minimum absolute atomic E-state index is 0.0155. The summed E-state index contributed by atoms with van der Waals surface area (Å²) in [5.41, 5.74) is 0. The van der Waals surface area contributed by atoms with Crippen molar-refractivity contribution in [3.63, 3.8) is 0 Å². The number of aromatic amines is 1. The number of piperidine rings is 1. The molecular formula is C13H20N4O3. The van der Waals surface area contributed by atoms with E-state index in [0.29, 0.717) is 19.5 Å². The van der Waals surface area contributed by atoms with Gasteiger partial charge in [0.2, 0.25) is 0 Å². The third-order valence-corrected chi connectivity index (χ3v) is 3.44. The Morgan fingerprint density at radius 2 is 2.35 bits per heavy atom. The van der Waals surface area contributed by atoms with Crippen LogP contribution in [0.1, 0.15) is 44.0 Å². The number of carbonyl (C=O) groups excluding carboxylic acids is 1. The Bertz CT molecular complexity index is 446. The molecule has 0 aliphatic carbocycles. The standard InChI is InChI=1S/C13H20N4O3/c18-11(19)5-3-6-16-13(20)17-9-2-1-4-10(17)12-14-7-8-15-12/h7-8,10H,1-6,9H2,(H,14,15)(H,16,20)(H,18,19). The second kappa shape index (κ2) is 6.93. The molecule has 0 saturated carbocycles. The average Bonchev–Trinajstić information content (AvgIpc) is 2.97. The molecule has 3 N–H and O–H groups in total. The number of aromatic nitrogens is 2. The summed E-state index contributed by atoms with van der Waals surface area (Å²) >= 11 is 0. The zero-order chi connectivity index (χ0) is 14.4. The largest absolute Gasteiger partial charge is 0.481 e. The zero-order valence-electron chi connectivity index (χ0n) is 11.3. The molecule has 0 aromatic carbocycles. The number of imidazole rings is 1. The maximum atomic E-state index is 12.2. The van der Waals surface area contributed by atoms with Crippen molar-refractivity contribution in [2.75, 3.05) is 13.1 Å². The quantitative estimate of drug-likeness (QED) is 0.712. The van der Waals surface area contributed by atoms with Crippen LogP contribution in [0.2, 0.25) is 0 Å². The van der Waals surface area contributed by atoms with Gasteiger partial charge in [0.15, 0.2) is 0 Å². The minimum Gasteiger partial charge on any atom is -0.481 e. The molecule has 0 radical (unpaired) electrons. The lowest BCUT2D eigenvalue weighted by molar-refractivity contribution is -0.137. The number of rotatable bonds is 5. The normalized spacial score (nSPS) is 18.8. The van der Waals surface area contributed by atoms with Gasteiger partial charge in [-0.1, -0.05) is 0 Å². The molecule has 110 valence electrons. The third kappa shape index (κ3) is 3.72. The second-order valence-corrected chi connectivity index (χ2v) is 4.91. The first kappa shape index (κ1) is 14.4. The summed E-state index contributed by atoms with van der Waals surface area (Å²) < 4.78 is 0. The fourth-order valence-electron chi connectivity index (χ4n) is 2.46. The molecule has 2 heterocycles. The molecule has 1 aliphatic rings.